The largest absolute Gasteiger partial charge is 0.452 e. The summed E-state index contributed by atoms with van der Waals surface area (Å²) < 4.78 is 5.27. The Morgan fingerprint density at radius 1 is 1.45 bits per heavy atom. The van der Waals surface area contributed by atoms with E-state index in [9.17, 15) is 9.59 Å². The van der Waals surface area contributed by atoms with Gasteiger partial charge in [-0.25, -0.2) is 9.78 Å². The topological polar surface area (TPSA) is 77.8 Å². The number of hydrogen-bond donors (Lipinski definition) is 0. The minimum Gasteiger partial charge on any atom is -0.452 e. The fourth-order valence-electron chi connectivity index (χ4n) is 2.12. The first-order valence-electron chi connectivity index (χ1n) is 6.46. The number of esters is 1. The van der Waals surface area contributed by atoms with E-state index in [1.54, 1.807) is 0 Å². The average Bonchev–Trinajstić information content (AvgIpc) is 3.03. The van der Waals surface area contributed by atoms with Gasteiger partial charge < -0.3 is 9.57 Å². The minimum atomic E-state index is -0.650. The number of terminal acetylenes is 1. The van der Waals surface area contributed by atoms with Crippen molar-refractivity contribution < 1.29 is 19.2 Å². The van der Waals surface area contributed by atoms with E-state index >= 15 is 0 Å². The standard InChI is InChI=1S/C15H14N2O4S/c1-5-14-16-13(7-22-14)11-6-12(17-21-10(4)19)15(8(11)2)20-9(3)18/h1,7,15H,6H2,2-4H3/b17-12+. The van der Waals surface area contributed by atoms with E-state index in [1.807, 2.05) is 12.3 Å². The lowest BCUT2D eigenvalue weighted by molar-refractivity contribution is -0.142. The van der Waals surface area contributed by atoms with Gasteiger partial charge in [0.1, 0.15) is 5.71 Å². The Morgan fingerprint density at radius 2 is 2.18 bits per heavy atom. The zero-order chi connectivity index (χ0) is 16.3. The molecule has 0 radical (unpaired) electrons. The highest BCUT2D eigenvalue weighted by molar-refractivity contribution is 7.10. The minimum absolute atomic E-state index is 0.380. The number of rotatable bonds is 3. The highest BCUT2D eigenvalue weighted by Crippen LogP contribution is 2.34. The van der Waals surface area contributed by atoms with Crippen molar-refractivity contribution in [2.75, 3.05) is 0 Å². The molecule has 6 nitrogen and oxygen atoms in total. The van der Waals surface area contributed by atoms with Gasteiger partial charge >= 0.3 is 11.9 Å². The van der Waals surface area contributed by atoms with Crippen LogP contribution in [0.1, 0.15) is 37.9 Å². The molecule has 0 saturated heterocycles. The molecule has 0 amide bonds. The first kappa shape index (κ1) is 15.9. The molecular weight excluding hydrogens is 304 g/mol. The van der Waals surface area contributed by atoms with Crippen molar-refractivity contribution in [3.8, 4) is 12.3 Å². The summed E-state index contributed by atoms with van der Waals surface area (Å²) in [6.07, 6.45) is 5.06. The highest BCUT2D eigenvalue weighted by Gasteiger charge is 2.33. The zero-order valence-electron chi connectivity index (χ0n) is 12.4. The van der Waals surface area contributed by atoms with E-state index in [0.717, 1.165) is 16.8 Å². The van der Waals surface area contributed by atoms with E-state index in [1.165, 1.54) is 25.2 Å². The first-order valence-corrected chi connectivity index (χ1v) is 7.34. The molecule has 2 rings (SSSR count). The lowest BCUT2D eigenvalue weighted by Gasteiger charge is -2.12. The van der Waals surface area contributed by atoms with Gasteiger partial charge in [0.2, 0.25) is 0 Å². The van der Waals surface area contributed by atoms with Gasteiger partial charge in [-0.3, -0.25) is 4.79 Å². The van der Waals surface area contributed by atoms with Crippen molar-refractivity contribution in [2.45, 2.75) is 33.3 Å². The summed E-state index contributed by atoms with van der Waals surface area (Å²) in [5.41, 5.74) is 2.85. The molecule has 22 heavy (non-hydrogen) atoms. The molecule has 1 aliphatic carbocycles. The maximum absolute atomic E-state index is 11.3. The van der Waals surface area contributed by atoms with Crippen molar-refractivity contribution in [3.05, 3.63) is 21.7 Å². The second-order valence-corrected chi connectivity index (χ2v) is 5.53. The first-order chi connectivity index (χ1) is 10.4. The van der Waals surface area contributed by atoms with Gasteiger partial charge in [-0.1, -0.05) is 5.16 Å². The number of allylic oxidation sites excluding steroid dienone is 1. The van der Waals surface area contributed by atoms with Crippen molar-refractivity contribution in [3.63, 3.8) is 0 Å². The van der Waals surface area contributed by atoms with Crippen LogP contribution in [0.3, 0.4) is 0 Å². The number of oxime groups is 1. The quantitative estimate of drug-likeness (QED) is 0.369. The fourth-order valence-corrected chi connectivity index (χ4v) is 2.76. The second-order valence-electron chi connectivity index (χ2n) is 4.68. The monoisotopic (exact) mass is 318 g/mol. The third-order valence-electron chi connectivity index (χ3n) is 3.04. The Balaban J connectivity index is 2.35. The molecule has 1 unspecified atom stereocenters. The van der Waals surface area contributed by atoms with Crippen LogP contribution in [-0.4, -0.2) is 28.7 Å². The number of ether oxygens (including phenoxy) is 1. The average molecular weight is 318 g/mol. The molecule has 114 valence electrons. The van der Waals surface area contributed by atoms with E-state index < -0.39 is 18.0 Å². The van der Waals surface area contributed by atoms with Crippen LogP contribution < -0.4 is 0 Å². The lowest BCUT2D eigenvalue weighted by atomic mass is 10.1. The van der Waals surface area contributed by atoms with E-state index in [-0.39, 0.29) is 0 Å². The Bertz CT molecular complexity index is 724. The molecule has 1 aromatic rings. The van der Waals surface area contributed by atoms with Gasteiger partial charge in [0, 0.05) is 25.6 Å². The van der Waals surface area contributed by atoms with Gasteiger partial charge in [-0.15, -0.1) is 17.8 Å². The van der Waals surface area contributed by atoms with E-state index in [2.05, 4.69) is 20.9 Å². The number of aromatic nitrogens is 1. The van der Waals surface area contributed by atoms with Crippen molar-refractivity contribution in [1.82, 2.24) is 4.98 Å². The Labute approximate surface area is 131 Å². The van der Waals surface area contributed by atoms with Crippen LogP contribution in [-0.2, 0) is 19.2 Å². The Kier molecular flexibility index (Phi) is 4.73. The van der Waals surface area contributed by atoms with Gasteiger partial charge in [-0.2, -0.15) is 0 Å². The van der Waals surface area contributed by atoms with Gasteiger partial charge in [-0.05, 0) is 24.0 Å². The van der Waals surface area contributed by atoms with Crippen molar-refractivity contribution in [1.29, 1.82) is 0 Å². The van der Waals surface area contributed by atoms with Gasteiger partial charge in [0.25, 0.3) is 0 Å². The van der Waals surface area contributed by atoms with Crippen LogP contribution in [0, 0.1) is 12.3 Å². The number of thiazole rings is 1. The molecule has 1 heterocycles. The summed E-state index contributed by atoms with van der Waals surface area (Å²) in [6, 6.07) is 0. The predicted molar refractivity (Wildman–Crippen MR) is 82.0 cm³/mol. The Hall–Kier alpha value is -2.46. The Morgan fingerprint density at radius 3 is 2.73 bits per heavy atom. The third-order valence-corrected chi connectivity index (χ3v) is 3.82. The molecule has 0 N–H and O–H groups in total. The normalized spacial score (nSPS) is 19.2. The summed E-state index contributed by atoms with van der Waals surface area (Å²) in [7, 11) is 0. The summed E-state index contributed by atoms with van der Waals surface area (Å²) in [6.45, 7) is 4.39. The van der Waals surface area contributed by atoms with Crippen LogP contribution in [0.4, 0.5) is 0 Å². The third kappa shape index (κ3) is 3.40. The van der Waals surface area contributed by atoms with E-state index in [0.29, 0.717) is 17.1 Å². The zero-order valence-corrected chi connectivity index (χ0v) is 13.2. The maximum Gasteiger partial charge on any atom is 0.331 e. The molecule has 0 aromatic carbocycles. The molecule has 0 saturated carbocycles. The van der Waals surface area contributed by atoms with E-state index in [4.69, 9.17) is 11.2 Å². The van der Waals surface area contributed by atoms with Gasteiger partial charge in [0.15, 0.2) is 11.1 Å². The van der Waals surface area contributed by atoms with Crippen molar-refractivity contribution in [2.24, 2.45) is 5.16 Å². The second kappa shape index (κ2) is 6.54. The van der Waals surface area contributed by atoms with Crippen LogP contribution >= 0.6 is 11.3 Å². The fraction of sp³-hybridized carbons (Fsp3) is 0.333. The molecule has 1 atom stereocenters. The smallest absolute Gasteiger partial charge is 0.331 e. The molecule has 0 fully saturated rings. The summed E-state index contributed by atoms with van der Waals surface area (Å²) in [4.78, 5) is 31.2. The van der Waals surface area contributed by atoms with Crippen molar-refractivity contribution >= 4 is 34.6 Å². The molecular formula is C15H14N2O4S. The molecule has 1 aromatic heterocycles. The summed E-state index contributed by atoms with van der Waals surface area (Å²) in [5, 5.41) is 6.21. The number of carbonyl (C=O) groups excluding carboxylic acids is 2. The summed E-state index contributed by atoms with van der Waals surface area (Å²) >= 11 is 1.36. The van der Waals surface area contributed by atoms with Crippen LogP contribution in [0.15, 0.2) is 16.1 Å². The maximum atomic E-state index is 11.3. The number of nitrogens with zero attached hydrogens (tertiary/aromatic N) is 2. The highest BCUT2D eigenvalue weighted by atomic mass is 32.1. The molecule has 0 spiro atoms. The molecule has 0 bridgehead atoms. The van der Waals surface area contributed by atoms with Crippen LogP contribution in [0.5, 0.6) is 0 Å². The number of hydrogen-bond acceptors (Lipinski definition) is 7. The van der Waals surface area contributed by atoms with Gasteiger partial charge in [0.05, 0.1) is 5.69 Å². The predicted octanol–water partition coefficient (Wildman–Crippen LogP) is 2.15. The van der Waals surface area contributed by atoms with Crippen LogP contribution in [0.2, 0.25) is 0 Å². The SMILES string of the molecule is C#Cc1nc(C2=C(C)C(OC(C)=O)/C(=N/OC(C)=O)C2)cs1. The number of carbonyl (C=O) groups is 2. The lowest BCUT2D eigenvalue weighted by Crippen LogP contribution is -2.23. The molecule has 0 aliphatic heterocycles. The summed E-state index contributed by atoms with van der Waals surface area (Å²) in [5.74, 6) is 1.50. The molecule has 1 aliphatic rings. The van der Waals surface area contributed by atoms with Crippen LogP contribution in [0.25, 0.3) is 5.57 Å². The molecule has 7 heteroatoms.